The summed E-state index contributed by atoms with van der Waals surface area (Å²) in [5, 5.41) is 14.8. The normalized spacial score (nSPS) is 10.7. The molecule has 0 fully saturated rings. The van der Waals surface area contributed by atoms with Crippen LogP contribution < -0.4 is 5.32 Å². The smallest absolute Gasteiger partial charge is 0.256 e. The van der Waals surface area contributed by atoms with E-state index in [1.54, 1.807) is 25.4 Å². The van der Waals surface area contributed by atoms with Crippen molar-refractivity contribution in [2.24, 2.45) is 7.05 Å². The van der Waals surface area contributed by atoms with Crippen molar-refractivity contribution in [3.05, 3.63) is 59.0 Å². The van der Waals surface area contributed by atoms with Crippen molar-refractivity contribution in [3.8, 4) is 0 Å². The van der Waals surface area contributed by atoms with Crippen LogP contribution in [0.25, 0.3) is 0 Å². The van der Waals surface area contributed by atoms with E-state index in [4.69, 9.17) is 0 Å². The fourth-order valence-corrected chi connectivity index (χ4v) is 2.36. The number of hydrogen-bond donors (Lipinski definition) is 1. The number of amides is 1. The van der Waals surface area contributed by atoms with Gasteiger partial charge >= 0.3 is 0 Å². The van der Waals surface area contributed by atoms with Gasteiger partial charge in [0.1, 0.15) is 0 Å². The molecule has 0 aliphatic heterocycles. The van der Waals surface area contributed by atoms with E-state index >= 15 is 0 Å². The molecule has 0 aliphatic carbocycles. The number of carbonyl (C=O) groups is 1. The van der Waals surface area contributed by atoms with Crippen LogP contribution in [0.2, 0.25) is 0 Å². The summed E-state index contributed by atoms with van der Waals surface area (Å²) in [7, 11) is 1.75. The van der Waals surface area contributed by atoms with Gasteiger partial charge in [0.25, 0.3) is 5.91 Å². The summed E-state index contributed by atoms with van der Waals surface area (Å²) < 4.78 is 3.48. The first kappa shape index (κ1) is 15.0. The highest BCUT2D eigenvalue weighted by molar-refractivity contribution is 6.03. The lowest BCUT2D eigenvalue weighted by molar-refractivity contribution is 0.102. The maximum absolute atomic E-state index is 12.1. The Labute approximate surface area is 133 Å². The van der Waals surface area contributed by atoms with Crippen LogP contribution in [-0.4, -0.2) is 30.7 Å². The molecule has 1 aromatic carbocycles. The van der Waals surface area contributed by atoms with Gasteiger partial charge in [0, 0.05) is 18.3 Å². The minimum Gasteiger partial charge on any atom is -0.304 e. The molecule has 7 heteroatoms. The van der Waals surface area contributed by atoms with Gasteiger partial charge < -0.3 is 5.32 Å². The number of rotatable bonds is 4. The number of nitrogens with zero attached hydrogens (tertiary/aromatic N) is 5. The van der Waals surface area contributed by atoms with Crippen molar-refractivity contribution in [1.29, 1.82) is 0 Å². The third kappa shape index (κ3) is 3.45. The molecule has 23 heavy (non-hydrogen) atoms. The van der Waals surface area contributed by atoms with E-state index in [0.29, 0.717) is 17.9 Å². The number of nitrogens with one attached hydrogen (secondary N) is 1. The van der Waals surface area contributed by atoms with E-state index < -0.39 is 0 Å². The van der Waals surface area contributed by atoms with Gasteiger partial charge in [0.2, 0.25) is 0 Å². The molecule has 2 aromatic heterocycles. The molecule has 7 nitrogen and oxygen atoms in total. The summed E-state index contributed by atoms with van der Waals surface area (Å²) in [5.41, 5.74) is 3.79. The van der Waals surface area contributed by atoms with Gasteiger partial charge in [-0.2, -0.15) is 5.10 Å². The van der Waals surface area contributed by atoms with E-state index in [1.807, 2.05) is 36.7 Å². The molecular weight excluding hydrogens is 292 g/mol. The predicted octanol–water partition coefficient (Wildman–Crippen LogP) is 1.93. The molecule has 1 amide bonds. The zero-order chi connectivity index (χ0) is 16.4. The van der Waals surface area contributed by atoms with Crippen LogP contribution in [0.4, 0.5) is 5.82 Å². The Kier molecular flexibility index (Phi) is 3.92. The number of hydrogen-bond acceptors (Lipinski definition) is 4. The molecular formula is C16H18N6O. The summed E-state index contributed by atoms with van der Waals surface area (Å²) in [6, 6.07) is 9.51. The second-order valence-electron chi connectivity index (χ2n) is 5.51. The van der Waals surface area contributed by atoms with Gasteiger partial charge in [-0.3, -0.25) is 14.2 Å². The van der Waals surface area contributed by atoms with Gasteiger partial charge in [-0.25, -0.2) is 0 Å². The van der Waals surface area contributed by atoms with Gasteiger partial charge in [0.05, 0.1) is 18.4 Å². The van der Waals surface area contributed by atoms with E-state index in [1.165, 1.54) is 4.68 Å². The topological polar surface area (TPSA) is 77.6 Å². The average molecular weight is 310 g/mol. The first-order valence-electron chi connectivity index (χ1n) is 7.29. The lowest BCUT2D eigenvalue weighted by Gasteiger charge is -2.06. The van der Waals surface area contributed by atoms with Crippen LogP contribution in [0.3, 0.4) is 0 Å². The minimum atomic E-state index is -0.205. The van der Waals surface area contributed by atoms with E-state index in [9.17, 15) is 4.79 Å². The van der Waals surface area contributed by atoms with Crippen LogP contribution in [0.1, 0.15) is 27.3 Å². The molecule has 0 spiro atoms. The second-order valence-corrected chi connectivity index (χ2v) is 5.51. The summed E-state index contributed by atoms with van der Waals surface area (Å²) >= 11 is 0. The molecule has 0 bridgehead atoms. The van der Waals surface area contributed by atoms with Crippen LogP contribution in [0.15, 0.2) is 36.5 Å². The standard InChI is InChI=1S/C16H18N6O/c1-11-8-12(2)22(19-11)9-13-4-6-14(7-5-13)16(23)17-15-10-21(3)20-18-15/h4-8,10H,9H2,1-3H3,(H,17,23). The average Bonchev–Trinajstić information content (AvgIpc) is 3.05. The van der Waals surface area contributed by atoms with Crippen LogP contribution >= 0.6 is 0 Å². The lowest BCUT2D eigenvalue weighted by Crippen LogP contribution is -2.12. The molecule has 3 rings (SSSR count). The van der Waals surface area contributed by atoms with Gasteiger partial charge in [0.15, 0.2) is 5.82 Å². The molecule has 0 radical (unpaired) electrons. The Hall–Kier alpha value is -2.96. The molecule has 118 valence electrons. The highest BCUT2D eigenvalue weighted by Gasteiger charge is 2.09. The summed E-state index contributed by atoms with van der Waals surface area (Å²) in [6.07, 6.45) is 1.65. The summed E-state index contributed by atoms with van der Waals surface area (Å²) in [6.45, 7) is 4.69. The van der Waals surface area contributed by atoms with Crippen molar-refractivity contribution in [3.63, 3.8) is 0 Å². The van der Waals surface area contributed by atoms with Crippen LogP contribution in [0, 0.1) is 13.8 Å². The Morgan fingerprint density at radius 3 is 2.52 bits per heavy atom. The minimum absolute atomic E-state index is 0.205. The maximum Gasteiger partial charge on any atom is 0.256 e. The molecule has 0 saturated heterocycles. The third-order valence-electron chi connectivity index (χ3n) is 3.50. The fourth-order valence-electron chi connectivity index (χ4n) is 2.36. The largest absolute Gasteiger partial charge is 0.304 e. The summed E-state index contributed by atoms with van der Waals surface area (Å²) in [5.74, 6) is 0.229. The quantitative estimate of drug-likeness (QED) is 0.798. The Morgan fingerprint density at radius 1 is 1.22 bits per heavy atom. The number of aromatic nitrogens is 5. The van der Waals surface area contributed by atoms with Crippen molar-refractivity contribution in [2.45, 2.75) is 20.4 Å². The van der Waals surface area contributed by atoms with E-state index in [-0.39, 0.29) is 5.91 Å². The summed E-state index contributed by atoms with van der Waals surface area (Å²) in [4.78, 5) is 12.1. The van der Waals surface area contributed by atoms with Gasteiger partial charge in [-0.05, 0) is 37.6 Å². The van der Waals surface area contributed by atoms with Crippen molar-refractivity contribution in [1.82, 2.24) is 24.8 Å². The molecule has 1 N–H and O–H groups in total. The predicted molar refractivity (Wildman–Crippen MR) is 86.2 cm³/mol. The molecule has 0 saturated carbocycles. The monoisotopic (exact) mass is 310 g/mol. The highest BCUT2D eigenvalue weighted by atomic mass is 16.1. The van der Waals surface area contributed by atoms with Crippen LogP contribution in [-0.2, 0) is 13.6 Å². The number of benzene rings is 1. The van der Waals surface area contributed by atoms with Crippen LogP contribution in [0.5, 0.6) is 0 Å². The zero-order valence-electron chi connectivity index (χ0n) is 13.3. The number of carbonyl (C=O) groups excluding carboxylic acids is 1. The molecule has 0 aliphatic rings. The van der Waals surface area contributed by atoms with Gasteiger partial charge in [-0.1, -0.05) is 17.3 Å². The zero-order valence-corrected chi connectivity index (χ0v) is 13.3. The molecule has 2 heterocycles. The molecule has 3 aromatic rings. The lowest BCUT2D eigenvalue weighted by atomic mass is 10.1. The second kappa shape index (κ2) is 6.04. The van der Waals surface area contributed by atoms with Gasteiger partial charge in [-0.15, -0.1) is 5.10 Å². The highest BCUT2D eigenvalue weighted by Crippen LogP contribution is 2.10. The molecule has 0 atom stereocenters. The Bertz CT molecular complexity index is 831. The third-order valence-corrected chi connectivity index (χ3v) is 3.50. The van der Waals surface area contributed by atoms with E-state index in [0.717, 1.165) is 17.0 Å². The first-order chi connectivity index (χ1) is 11.0. The fraction of sp³-hybridized carbons (Fsp3) is 0.250. The SMILES string of the molecule is Cc1cc(C)n(Cc2ccc(C(=O)Nc3cn(C)nn3)cc2)n1. The molecule has 0 unspecified atom stereocenters. The number of aryl methyl sites for hydroxylation is 3. The first-order valence-corrected chi connectivity index (χ1v) is 7.29. The van der Waals surface area contributed by atoms with Crippen molar-refractivity contribution < 1.29 is 4.79 Å². The Morgan fingerprint density at radius 2 is 1.96 bits per heavy atom. The number of anilines is 1. The van der Waals surface area contributed by atoms with Crippen molar-refractivity contribution >= 4 is 11.7 Å². The van der Waals surface area contributed by atoms with E-state index in [2.05, 4.69) is 20.7 Å². The maximum atomic E-state index is 12.1. The van der Waals surface area contributed by atoms with Crippen molar-refractivity contribution in [2.75, 3.05) is 5.32 Å². The Balaban J connectivity index is 1.69.